The molecule has 0 atom stereocenters. The van der Waals surface area contributed by atoms with Crippen molar-refractivity contribution in [3.05, 3.63) is 68.1 Å². The third kappa shape index (κ3) is 3.48. The van der Waals surface area contributed by atoms with E-state index in [2.05, 4.69) is 31.9 Å². The van der Waals surface area contributed by atoms with Crippen LogP contribution in [-0.4, -0.2) is 5.78 Å². The second-order valence-electron chi connectivity index (χ2n) is 3.96. The van der Waals surface area contributed by atoms with Gasteiger partial charge < -0.3 is 0 Å². The highest BCUT2D eigenvalue weighted by molar-refractivity contribution is 9.10. The largest absolute Gasteiger partial charge is 0.294 e. The zero-order valence-electron chi connectivity index (χ0n) is 9.59. The quantitative estimate of drug-likeness (QED) is 0.681. The van der Waals surface area contributed by atoms with Gasteiger partial charge in [-0.2, -0.15) is 0 Å². The summed E-state index contributed by atoms with van der Waals surface area (Å²) in [5.41, 5.74) is 0.646. The minimum atomic E-state index is -0.572. The molecule has 0 fully saturated rings. The monoisotopic (exact) mass is 388 g/mol. The molecule has 0 aliphatic carbocycles. The van der Waals surface area contributed by atoms with E-state index in [4.69, 9.17) is 0 Å². The second-order valence-corrected chi connectivity index (χ2v) is 5.73. The van der Waals surface area contributed by atoms with E-state index in [1.165, 1.54) is 30.3 Å². The van der Waals surface area contributed by atoms with Crippen molar-refractivity contribution < 1.29 is 13.6 Å². The Bertz CT molecular complexity index is 641. The summed E-state index contributed by atoms with van der Waals surface area (Å²) in [5.74, 6) is -1.31. The zero-order valence-corrected chi connectivity index (χ0v) is 12.8. The predicted octanol–water partition coefficient (Wildman–Crippen LogP) is 4.92. The van der Waals surface area contributed by atoms with E-state index in [1.807, 2.05) is 0 Å². The predicted molar refractivity (Wildman–Crippen MR) is 76.2 cm³/mol. The van der Waals surface area contributed by atoms with Crippen LogP contribution in [0.5, 0.6) is 0 Å². The van der Waals surface area contributed by atoms with E-state index in [1.54, 1.807) is 6.07 Å². The molecule has 0 aliphatic heterocycles. The summed E-state index contributed by atoms with van der Waals surface area (Å²) in [6, 6.07) is 8.34. The number of carbonyl (C=O) groups excluding carboxylic acids is 1. The van der Waals surface area contributed by atoms with Crippen LogP contribution in [0.2, 0.25) is 0 Å². The van der Waals surface area contributed by atoms with Gasteiger partial charge in [0.2, 0.25) is 0 Å². The maximum absolute atomic E-state index is 13.6. The van der Waals surface area contributed by atoms with Crippen LogP contribution in [0.1, 0.15) is 15.9 Å². The van der Waals surface area contributed by atoms with Crippen LogP contribution in [0.25, 0.3) is 0 Å². The van der Waals surface area contributed by atoms with E-state index in [-0.39, 0.29) is 17.8 Å². The topological polar surface area (TPSA) is 17.1 Å². The van der Waals surface area contributed by atoms with Crippen molar-refractivity contribution in [2.75, 3.05) is 0 Å². The Morgan fingerprint density at radius 2 is 1.79 bits per heavy atom. The molecule has 5 heteroatoms. The fourth-order valence-corrected chi connectivity index (χ4v) is 2.47. The lowest BCUT2D eigenvalue weighted by atomic mass is 10.0. The van der Waals surface area contributed by atoms with Crippen LogP contribution in [-0.2, 0) is 6.42 Å². The number of benzene rings is 2. The first kappa shape index (κ1) is 14.3. The van der Waals surface area contributed by atoms with Crippen LogP contribution >= 0.6 is 31.9 Å². The minimum absolute atomic E-state index is 0.0133. The second kappa shape index (κ2) is 5.92. The van der Waals surface area contributed by atoms with Gasteiger partial charge in [-0.25, -0.2) is 8.78 Å². The molecule has 0 aliphatic rings. The van der Waals surface area contributed by atoms with E-state index in [0.29, 0.717) is 14.5 Å². The Kier molecular flexibility index (Phi) is 4.47. The molecule has 0 heterocycles. The van der Waals surface area contributed by atoms with Gasteiger partial charge in [-0.15, -0.1) is 0 Å². The number of hydrogen-bond donors (Lipinski definition) is 0. The molecule has 19 heavy (non-hydrogen) atoms. The Balaban J connectivity index is 2.25. The number of hydrogen-bond acceptors (Lipinski definition) is 1. The van der Waals surface area contributed by atoms with Gasteiger partial charge in [0.25, 0.3) is 0 Å². The fourth-order valence-electron chi connectivity index (χ4n) is 1.65. The van der Waals surface area contributed by atoms with Crippen LogP contribution in [0, 0.1) is 11.6 Å². The van der Waals surface area contributed by atoms with Crippen molar-refractivity contribution in [2.45, 2.75) is 6.42 Å². The lowest BCUT2D eigenvalue weighted by Gasteiger charge is -2.05. The Hall–Kier alpha value is -1.07. The number of carbonyl (C=O) groups is 1. The molecule has 2 aromatic rings. The first-order valence-corrected chi connectivity index (χ1v) is 6.98. The molecule has 0 amide bonds. The van der Waals surface area contributed by atoms with E-state index < -0.39 is 11.6 Å². The molecule has 0 bridgehead atoms. The van der Waals surface area contributed by atoms with Gasteiger partial charge in [-0.1, -0.05) is 37.9 Å². The Labute approximate surface area is 125 Å². The Morgan fingerprint density at radius 1 is 1.05 bits per heavy atom. The molecule has 2 rings (SSSR count). The van der Waals surface area contributed by atoms with Crippen molar-refractivity contribution in [3.63, 3.8) is 0 Å². The summed E-state index contributed by atoms with van der Waals surface area (Å²) in [5, 5.41) is 0. The number of Topliss-reactive ketones (excluding diaryl/α,β-unsaturated/α-hetero) is 1. The molecule has 0 aromatic heterocycles. The molecular weight excluding hydrogens is 382 g/mol. The minimum Gasteiger partial charge on any atom is -0.294 e. The lowest BCUT2D eigenvalue weighted by molar-refractivity contribution is 0.0989. The normalized spacial score (nSPS) is 10.5. The average Bonchev–Trinajstić information content (AvgIpc) is 2.32. The van der Waals surface area contributed by atoms with Gasteiger partial charge in [-0.05, 0) is 35.9 Å². The smallest absolute Gasteiger partial charge is 0.170 e. The van der Waals surface area contributed by atoms with Gasteiger partial charge in [0.05, 0.1) is 5.56 Å². The van der Waals surface area contributed by atoms with Crippen molar-refractivity contribution in [1.29, 1.82) is 0 Å². The van der Waals surface area contributed by atoms with Crippen LogP contribution in [0.15, 0.2) is 45.3 Å². The molecule has 2 aromatic carbocycles. The van der Waals surface area contributed by atoms with E-state index >= 15 is 0 Å². The molecule has 0 saturated carbocycles. The van der Waals surface area contributed by atoms with Gasteiger partial charge in [-0.3, -0.25) is 4.79 Å². The third-order valence-electron chi connectivity index (χ3n) is 2.60. The van der Waals surface area contributed by atoms with Crippen molar-refractivity contribution in [1.82, 2.24) is 0 Å². The zero-order chi connectivity index (χ0) is 14.0. The highest BCUT2D eigenvalue weighted by Crippen LogP contribution is 2.22. The van der Waals surface area contributed by atoms with Gasteiger partial charge in [0.1, 0.15) is 11.6 Å². The van der Waals surface area contributed by atoms with Crippen LogP contribution in [0.3, 0.4) is 0 Å². The lowest BCUT2D eigenvalue weighted by Crippen LogP contribution is -2.06. The molecule has 0 unspecified atom stereocenters. The summed E-state index contributed by atoms with van der Waals surface area (Å²) in [7, 11) is 0. The van der Waals surface area contributed by atoms with E-state index in [0.717, 1.165) is 0 Å². The SMILES string of the molecule is O=C(Cc1ccc(F)cc1Br)c1ccc(Br)cc1F. The van der Waals surface area contributed by atoms with Crippen molar-refractivity contribution >= 4 is 37.6 Å². The molecule has 0 saturated heterocycles. The van der Waals surface area contributed by atoms with Crippen molar-refractivity contribution in [2.24, 2.45) is 0 Å². The summed E-state index contributed by atoms with van der Waals surface area (Å²) in [6.07, 6.45) is 0.0133. The number of ketones is 1. The van der Waals surface area contributed by atoms with Gasteiger partial charge in [0, 0.05) is 15.4 Å². The maximum Gasteiger partial charge on any atom is 0.170 e. The van der Waals surface area contributed by atoms with Gasteiger partial charge >= 0.3 is 0 Å². The molecule has 1 nitrogen and oxygen atoms in total. The molecule has 0 radical (unpaired) electrons. The molecular formula is C14H8Br2F2O. The first-order valence-electron chi connectivity index (χ1n) is 5.39. The van der Waals surface area contributed by atoms with Crippen LogP contribution < -0.4 is 0 Å². The third-order valence-corrected chi connectivity index (χ3v) is 3.83. The first-order chi connectivity index (χ1) is 8.97. The standard InChI is InChI=1S/C14H8Br2F2O/c15-9-2-4-11(13(18)6-9)14(19)5-8-1-3-10(17)7-12(8)16/h1-4,6-7H,5H2. The molecule has 0 N–H and O–H groups in total. The van der Waals surface area contributed by atoms with Crippen molar-refractivity contribution in [3.8, 4) is 0 Å². The highest BCUT2D eigenvalue weighted by Gasteiger charge is 2.14. The number of halogens is 4. The summed E-state index contributed by atoms with van der Waals surface area (Å²) >= 11 is 6.32. The maximum atomic E-state index is 13.6. The average molecular weight is 390 g/mol. The summed E-state index contributed by atoms with van der Waals surface area (Å²) in [6.45, 7) is 0. The summed E-state index contributed by atoms with van der Waals surface area (Å²) < 4.78 is 27.7. The number of rotatable bonds is 3. The highest BCUT2D eigenvalue weighted by atomic mass is 79.9. The Morgan fingerprint density at radius 3 is 2.42 bits per heavy atom. The van der Waals surface area contributed by atoms with Crippen LogP contribution in [0.4, 0.5) is 8.78 Å². The fraction of sp³-hybridized carbons (Fsp3) is 0.0714. The van der Waals surface area contributed by atoms with E-state index in [9.17, 15) is 13.6 Å². The molecule has 0 spiro atoms. The molecule has 98 valence electrons. The summed E-state index contributed by atoms with van der Waals surface area (Å²) in [4.78, 5) is 12.0. The van der Waals surface area contributed by atoms with Gasteiger partial charge in [0.15, 0.2) is 5.78 Å².